The molecule has 0 aromatic heterocycles. The van der Waals surface area contributed by atoms with Gasteiger partial charge in [-0.25, -0.2) is 14.4 Å². The van der Waals surface area contributed by atoms with Crippen LogP contribution in [0, 0.1) is 0 Å². The minimum atomic E-state index is -0.741. The van der Waals surface area contributed by atoms with Crippen LogP contribution in [0.1, 0.15) is 49.5 Å². The van der Waals surface area contributed by atoms with Crippen LogP contribution in [0.3, 0.4) is 0 Å². The monoisotopic (exact) mass is 376 g/mol. The average molecular weight is 376 g/mol. The summed E-state index contributed by atoms with van der Waals surface area (Å²) < 4.78 is 15.7. The van der Waals surface area contributed by atoms with E-state index in [1.54, 1.807) is 23.1 Å². The van der Waals surface area contributed by atoms with Gasteiger partial charge in [-0.2, -0.15) is 0 Å². The summed E-state index contributed by atoms with van der Waals surface area (Å²) in [4.78, 5) is 37.6. The molecule has 0 aliphatic carbocycles. The molecule has 1 aromatic rings. The second-order valence-corrected chi connectivity index (χ2v) is 7.73. The summed E-state index contributed by atoms with van der Waals surface area (Å²) in [6, 6.07) is 5.08. The first-order chi connectivity index (χ1) is 12.6. The zero-order valence-corrected chi connectivity index (χ0v) is 16.0. The zero-order chi connectivity index (χ0) is 19.8. The number of carbonyl (C=O) groups is 3. The Hall–Kier alpha value is -2.77. The third kappa shape index (κ3) is 3.84. The Morgan fingerprint density at radius 3 is 2.48 bits per heavy atom. The predicted molar refractivity (Wildman–Crippen MR) is 96.6 cm³/mol. The molecule has 1 spiro atoms. The maximum absolute atomic E-state index is 12.4. The zero-order valence-electron chi connectivity index (χ0n) is 16.0. The number of fused-ring (bicyclic) bond motifs is 2. The van der Waals surface area contributed by atoms with E-state index in [2.05, 4.69) is 10.1 Å². The molecule has 1 aromatic carbocycles. The molecular weight excluding hydrogens is 352 g/mol. The summed E-state index contributed by atoms with van der Waals surface area (Å²) in [7, 11) is 1.27. The highest BCUT2D eigenvalue weighted by Crippen LogP contribution is 2.45. The van der Waals surface area contributed by atoms with Crippen molar-refractivity contribution in [3.05, 3.63) is 29.3 Å². The topological polar surface area (TPSA) is 94.2 Å². The number of methoxy groups -OCH3 is 1. The first kappa shape index (κ1) is 19.0. The SMILES string of the molecule is COC(=O)Nc1ccc2c(c1)C(=O)OC21CCN(C(=O)OC(C)(C)C)CC1. The van der Waals surface area contributed by atoms with E-state index in [1.807, 2.05) is 20.8 Å². The maximum atomic E-state index is 12.4. The predicted octanol–water partition coefficient (Wildman–Crippen LogP) is 3.26. The number of ether oxygens (including phenoxy) is 3. The van der Waals surface area contributed by atoms with Crippen molar-refractivity contribution in [2.24, 2.45) is 0 Å². The molecule has 1 fully saturated rings. The maximum Gasteiger partial charge on any atom is 0.411 e. The highest BCUT2D eigenvalue weighted by atomic mass is 16.6. The summed E-state index contributed by atoms with van der Waals surface area (Å²) in [6.45, 7) is 6.34. The number of hydrogen-bond donors (Lipinski definition) is 1. The van der Waals surface area contributed by atoms with Gasteiger partial charge in [0.1, 0.15) is 11.2 Å². The summed E-state index contributed by atoms with van der Waals surface area (Å²) in [6.07, 6.45) is 0.0185. The molecule has 0 saturated carbocycles. The first-order valence-corrected chi connectivity index (χ1v) is 8.84. The van der Waals surface area contributed by atoms with Crippen LogP contribution in [0.25, 0.3) is 0 Å². The molecule has 2 aliphatic heterocycles. The van der Waals surface area contributed by atoms with E-state index in [0.717, 1.165) is 5.56 Å². The van der Waals surface area contributed by atoms with E-state index in [4.69, 9.17) is 9.47 Å². The number of nitrogens with one attached hydrogen (secondary N) is 1. The van der Waals surface area contributed by atoms with Gasteiger partial charge in [0, 0.05) is 37.2 Å². The molecule has 3 rings (SSSR count). The normalized spacial score (nSPS) is 17.9. The number of benzene rings is 1. The molecule has 27 heavy (non-hydrogen) atoms. The van der Waals surface area contributed by atoms with E-state index < -0.39 is 23.3 Å². The van der Waals surface area contributed by atoms with Crippen LogP contribution in [0.4, 0.5) is 15.3 Å². The van der Waals surface area contributed by atoms with Crippen LogP contribution in [-0.4, -0.2) is 48.9 Å². The van der Waals surface area contributed by atoms with Gasteiger partial charge in [-0.1, -0.05) is 6.07 Å². The summed E-state index contributed by atoms with van der Waals surface area (Å²) in [5.41, 5.74) is 0.373. The Labute approximate surface area is 157 Å². The molecule has 2 heterocycles. The smallest absolute Gasteiger partial charge is 0.411 e. The lowest BCUT2D eigenvalue weighted by molar-refractivity contribution is -0.0470. The van der Waals surface area contributed by atoms with Crippen molar-refractivity contribution < 1.29 is 28.6 Å². The second kappa shape index (κ2) is 6.75. The highest BCUT2D eigenvalue weighted by molar-refractivity contribution is 5.97. The van der Waals surface area contributed by atoms with Gasteiger partial charge in [0.2, 0.25) is 0 Å². The minimum absolute atomic E-state index is 0.362. The van der Waals surface area contributed by atoms with Gasteiger partial charge in [-0.15, -0.1) is 0 Å². The standard InChI is InChI=1S/C19H24N2O6/c1-18(2,3)27-17(24)21-9-7-19(8-10-21)14-6-5-12(20-16(23)25-4)11-13(14)15(22)26-19/h5-6,11H,7-10H2,1-4H3,(H,20,23). The van der Waals surface area contributed by atoms with Gasteiger partial charge in [-0.3, -0.25) is 5.32 Å². The Balaban J connectivity index is 1.74. The molecular formula is C19H24N2O6. The number of anilines is 1. The first-order valence-electron chi connectivity index (χ1n) is 8.84. The molecule has 2 amide bonds. The van der Waals surface area contributed by atoms with E-state index in [-0.39, 0.29) is 6.09 Å². The average Bonchev–Trinajstić information content (AvgIpc) is 2.85. The summed E-state index contributed by atoms with van der Waals surface area (Å²) >= 11 is 0. The third-order valence-corrected chi connectivity index (χ3v) is 4.67. The fourth-order valence-corrected chi connectivity index (χ4v) is 3.39. The van der Waals surface area contributed by atoms with Gasteiger partial charge in [0.25, 0.3) is 0 Å². The molecule has 0 unspecified atom stereocenters. The number of hydrogen-bond acceptors (Lipinski definition) is 6. The van der Waals surface area contributed by atoms with Crippen LogP contribution >= 0.6 is 0 Å². The van der Waals surface area contributed by atoms with Gasteiger partial charge < -0.3 is 19.1 Å². The molecule has 0 atom stereocenters. The summed E-state index contributed by atoms with van der Waals surface area (Å²) in [5.74, 6) is -0.427. The van der Waals surface area contributed by atoms with Crippen molar-refractivity contribution in [3.63, 3.8) is 0 Å². The minimum Gasteiger partial charge on any atom is -0.453 e. The largest absolute Gasteiger partial charge is 0.453 e. The lowest BCUT2D eigenvalue weighted by atomic mass is 9.83. The van der Waals surface area contributed by atoms with E-state index >= 15 is 0 Å². The quantitative estimate of drug-likeness (QED) is 0.597. The Morgan fingerprint density at radius 2 is 1.89 bits per heavy atom. The lowest BCUT2D eigenvalue weighted by Gasteiger charge is -2.38. The Morgan fingerprint density at radius 1 is 1.22 bits per heavy atom. The fourth-order valence-electron chi connectivity index (χ4n) is 3.39. The molecule has 1 saturated heterocycles. The third-order valence-electron chi connectivity index (χ3n) is 4.67. The van der Waals surface area contributed by atoms with Crippen LogP contribution in [0.15, 0.2) is 18.2 Å². The van der Waals surface area contributed by atoms with Crippen molar-refractivity contribution in [2.75, 3.05) is 25.5 Å². The van der Waals surface area contributed by atoms with Gasteiger partial charge in [0.05, 0.1) is 12.7 Å². The van der Waals surface area contributed by atoms with Crippen LogP contribution in [-0.2, 0) is 19.8 Å². The number of likely N-dealkylation sites (tertiary alicyclic amines) is 1. The van der Waals surface area contributed by atoms with Crippen molar-refractivity contribution in [2.45, 2.75) is 44.8 Å². The second-order valence-electron chi connectivity index (χ2n) is 7.73. The fraction of sp³-hybridized carbons (Fsp3) is 0.526. The van der Waals surface area contributed by atoms with Crippen molar-refractivity contribution in [1.82, 2.24) is 4.90 Å². The van der Waals surface area contributed by atoms with Gasteiger partial charge in [-0.05, 0) is 32.9 Å². The van der Waals surface area contributed by atoms with Gasteiger partial charge in [0.15, 0.2) is 0 Å². The molecule has 0 radical (unpaired) electrons. The number of carbonyl (C=O) groups excluding carboxylic acids is 3. The van der Waals surface area contributed by atoms with E-state index in [1.165, 1.54) is 7.11 Å². The Kier molecular flexibility index (Phi) is 4.75. The number of nitrogens with zero attached hydrogens (tertiary/aromatic N) is 1. The van der Waals surface area contributed by atoms with E-state index in [0.29, 0.717) is 37.2 Å². The molecule has 8 nitrogen and oxygen atoms in total. The molecule has 8 heteroatoms. The number of esters is 1. The van der Waals surface area contributed by atoms with Crippen molar-refractivity contribution in [1.29, 1.82) is 0 Å². The Bertz CT molecular complexity index is 775. The molecule has 2 aliphatic rings. The van der Waals surface area contributed by atoms with Crippen LogP contribution < -0.4 is 5.32 Å². The highest BCUT2D eigenvalue weighted by Gasteiger charge is 2.48. The van der Waals surface area contributed by atoms with Crippen molar-refractivity contribution >= 4 is 23.8 Å². The number of piperidine rings is 1. The number of amides is 2. The number of rotatable bonds is 1. The van der Waals surface area contributed by atoms with Crippen LogP contribution in [0.2, 0.25) is 0 Å². The summed E-state index contributed by atoms with van der Waals surface area (Å²) in [5, 5.41) is 2.54. The molecule has 1 N–H and O–H groups in total. The van der Waals surface area contributed by atoms with Gasteiger partial charge >= 0.3 is 18.2 Å². The molecule has 146 valence electrons. The van der Waals surface area contributed by atoms with Crippen molar-refractivity contribution in [3.8, 4) is 0 Å². The van der Waals surface area contributed by atoms with E-state index in [9.17, 15) is 14.4 Å². The lowest BCUT2D eigenvalue weighted by Crippen LogP contribution is -2.47. The van der Waals surface area contributed by atoms with Crippen LogP contribution in [0.5, 0.6) is 0 Å². The molecule has 0 bridgehead atoms.